The van der Waals surface area contributed by atoms with Crippen molar-refractivity contribution in [3.05, 3.63) is 70.5 Å². The number of anilines is 3. The van der Waals surface area contributed by atoms with E-state index < -0.39 is 11.5 Å². The van der Waals surface area contributed by atoms with Crippen LogP contribution in [0.15, 0.2) is 57.9 Å². The van der Waals surface area contributed by atoms with Crippen LogP contribution in [0.2, 0.25) is 0 Å². The first-order valence-corrected chi connectivity index (χ1v) is 9.96. The van der Waals surface area contributed by atoms with Gasteiger partial charge in [0, 0.05) is 30.7 Å². The first-order valence-electron chi connectivity index (χ1n) is 9.14. The second kappa shape index (κ2) is 8.40. The van der Waals surface area contributed by atoms with E-state index in [9.17, 15) is 9.59 Å². The third-order valence-electron chi connectivity index (χ3n) is 4.47. The molecule has 158 valence electrons. The normalized spacial score (nSPS) is 10.7. The summed E-state index contributed by atoms with van der Waals surface area (Å²) in [6, 6.07) is 12.6. The summed E-state index contributed by atoms with van der Waals surface area (Å²) in [6.45, 7) is 1.88. The van der Waals surface area contributed by atoms with E-state index in [4.69, 9.17) is 9.15 Å². The fraction of sp³-hybridized carbons (Fsp3) is 0.150. The van der Waals surface area contributed by atoms with Gasteiger partial charge >= 0.3 is 5.63 Å². The van der Waals surface area contributed by atoms with Crippen LogP contribution in [0.25, 0.3) is 5.13 Å². The Bertz CT molecular complexity index is 1280. The fourth-order valence-electron chi connectivity index (χ4n) is 2.89. The van der Waals surface area contributed by atoms with E-state index in [1.54, 1.807) is 22.8 Å². The highest BCUT2D eigenvalue weighted by Crippen LogP contribution is 2.31. The number of benzene rings is 1. The van der Waals surface area contributed by atoms with Gasteiger partial charge in [0.15, 0.2) is 5.76 Å². The molecule has 0 unspecified atom stereocenters. The number of aromatic nitrogens is 4. The van der Waals surface area contributed by atoms with Crippen molar-refractivity contribution in [3.8, 4) is 10.9 Å². The molecular weight excluding hydrogens is 420 g/mol. The Morgan fingerprint density at radius 1 is 1.23 bits per heavy atom. The number of hydrogen-bond donors (Lipinski definition) is 1. The van der Waals surface area contributed by atoms with Gasteiger partial charge < -0.3 is 14.1 Å². The van der Waals surface area contributed by atoms with Crippen LogP contribution in [-0.2, 0) is 0 Å². The number of rotatable bonds is 6. The lowest BCUT2D eigenvalue weighted by Crippen LogP contribution is -2.20. The van der Waals surface area contributed by atoms with E-state index >= 15 is 0 Å². The summed E-state index contributed by atoms with van der Waals surface area (Å²) in [7, 11) is 3.13. The lowest BCUT2D eigenvalue weighted by atomic mass is 10.2. The Morgan fingerprint density at radius 2 is 2.00 bits per heavy atom. The first kappa shape index (κ1) is 20.3. The first-order chi connectivity index (χ1) is 15.0. The van der Waals surface area contributed by atoms with Crippen LogP contribution >= 0.6 is 11.3 Å². The molecule has 1 amide bonds. The second-order valence-corrected chi connectivity index (χ2v) is 7.40. The van der Waals surface area contributed by atoms with Crippen LogP contribution < -0.4 is 20.6 Å². The molecule has 0 spiro atoms. The molecule has 0 bridgehead atoms. The Balaban J connectivity index is 1.63. The number of amides is 1. The molecule has 4 aromatic rings. The second-order valence-electron chi connectivity index (χ2n) is 6.44. The maximum absolute atomic E-state index is 12.8. The summed E-state index contributed by atoms with van der Waals surface area (Å²) in [5.41, 5.74) is 1.31. The predicted octanol–water partition coefficient (Wildman–Crippen LogP) is 3.01. The number of ether oxygens (including phenoxy) is 1. The average Bonchev–Trinajstić information content (AvgIpc) is 3.41. The number of carbonyl (C=O) groups excluding carboxylic acids is 1. The van der Waals surface area contributed by atoms with Gasteiger partial charge in [-0.25, -0.2) is 9.48 Å². The van der Waals surface area contributed by atoms with Crippen LogP contribution in [0.4, 0.5) is 16.5 Å². The third-order valence-corrected chi connectivity index (χ3v) is 5.28. The maximum atomic E-state index is 12.8. The molecule has 10 nitrogen and oxygen atoms in total. The summed E-state index contributed by atoms with van der Waals surface area (Å²) >= 11 is 1.14. The number of aryl methyl sites for hydroxylation is 1. The van der Waals surface area contributed by atoms with Crippen molar-refractivity contribution >= 4 is 33.8 Å². The minimum absolute atomic E-state index is 0.00439. The van der Waals surface area contributed by atoms with Gasteiger partial charge in [-0.05, 0) is 25.1 Å². The zero-order valence-electron chi connectivity index (χ0n) is 16.9. The van der Waals surface area contributed by atoms with Crippen molar-refractivity contribution in [2.24, 2.45) is 0 Å². The molecule has 1 aromatic carbocycles. The van der Waals surface area contributed by atoms with Crippen molar-refractivity contribution in [1.82, 2.24) is 20.0 Å². The average molecular weight is 438 g/mol. The van der Waals surface area contributed by atoms with E-state index in [0.717, 1.165) is 22.7 Å². The standard InChI is InChI=1S/C20H18N6O4S/c1-12-9-10-21-26(12)20-24-23-19(31-20)22-17(27)15-11-14(16(29-3)18(28)30-15)25(2)13-7-5-4-6-8-13/h4-11H,1-3H3,(H,22,23,27). The van der Waals surface area contributed by atoms with Gasteiger partial charge in [0.25, 0.3) is 5.91 Å². The molecular formula is C20H18N6O4S. The summed E-state index contributed by atoms with van der Waals surface area (Å²) in [5.74, 6) is -0.826. The molecule has 0 saturated carbocycles. The fourth-order valence-corrected chi connectivity index (χ4v) is 3.65. The van der Waals surface area contributed by atoms with Crippen LogP contribution in [0.1, 0.15) is 16.2 Å². The topological polar surface area (TPSA) is 115 Å². The van der Waals surface area contributed by atoms with E-state index in [-0.39, 0.29) is 16.6 Å². The van der Waals surface area contributed by atoms with E-state index in [0.29, 0.717) is 10.8 Å². The third kappa shape index (κ3) is 4.03. The summed E-state index contributed by atoms with van der Waals surface area (Å²) in [6.07, 6.45) is 1.64. The molecule has 0 saturated heterocycles. The minimum Gasteiger partial charge on any atom is -0.488 e. The highest BCUT2D eigenvalue weighted by atomic mass is 32.1. The Morgan fingerprint density at radius 3 is 2.68 bits per heavy atom. The van der Waals surface area contributed by atoms with Crippen LogP contribution in [0, 0.1) is 6.92 Å². The lowest BCUT2D eigenvalue weighted by molar-refractivity contribution is 0.0991. The molecule has 0 fully saturated rings. The molecule has 4 rings (SSSR count). The van der Waals surface area contributed by atoms with Crippen molar-refractivity contribution in [1.29, 1.82) is 0 Å². The zero-order valence-corrected chi connectivity index (χ0v) is 17.7. The number of hydrogen-bond acceptors (Lipinski definition) is 9. The lowest BCUT2D eigenvalue weighted by Gasteiger charge is -2.21. The molecule has 0 radical (unpaired) electrons. The molecule has 1 N–H and O–H groups in total. The Labute approximate surface area is 180 Å². The van der Waals surface area contributed by atoms with Gasteiger partial charge in [0.05, 0.1) is 12.8 Å². The van der Waals surface area contributed by atoms with Crippen LogP contribution in [0.3, 0.4) is 0 Å². The number of nitrogens with one attached hydrogen (secondary N) is 1. The van der Waals surface area contributed by atoms with Crippen molar-refractivity contribution in [2.45, 2.75) is 6.92 Å². The minimum atomic E-state index is -0.766. The largest absolute Gasteiger partial charge is 0.488 e. The molecule has 0 atom stereocenters. The Kier molecular flexibility index (Phi) is 5.50. The number of para-hydroxylation sites is 1. The van der Waals surface area contributed by atoms with E-state index in [1.165, 1.54) is 13.2 Å². The monoisotopic (exact) mass is 438 g/mol. The van der Waals surface area contributed by atoms with Crippen molar-refractivity contribution in [2.75, 3.05) is 24.4 Å². The van der Waals surface area contributed by atoms with Crippen LogP contribution in [-0.4, -0.2) is 40.0 Å². The molecule has 3 aromatic heterocycles. The van der Waals surface area contributed by atoms with E-state index in [2.05, 4.69) is 20.6 Å². The SMILES string of the molecule is COc1c(N(C)c2ccccc2)cc(C(=O)Nc2nnc(-n3nccc3C)s2)oc1=O. The molecule has 0 aliphatic carbocycles. The maximum Gasteiger partial charge on any atom is 0.381 e. The smallest absolute Gasteiger partial charge is 0.381 e. The van der Waals surface area contributed by atoms with Crippen molar-refractivity contribution < 1.29 is 13.9 Å². The Hall–Kier alpha value is -3.99. The summed E-state index contributed by atoms with van der Waals surface area (Å²) < 4.78 is 12.0. The highest BCUT2D eigenvalue weighted by Gasteiger charge is 2.21. The molecule has 0 aliphatic rings. The predicted molar refractivity (Wildman–Crippen MR) is 116 cm³/mol. The van der Waals surface area contributed by atoms with Gasteiger partial charge in [0.2, 0.25) is 16.0 Å². The van der Waals surface area contributed by atoms with Gasteiger partial charge in [-0.3, -0.25) is 10.1 Å². The zero-order chi connectivity index (χ0) is 22.0. The molecule has 31 heavy (non-hydrogen) atoms. The summed E-state index contributed by atoms with van der Waals surface area (Å²) in [5, 5.41) is 15.5. The molecule has 0 aliphatic heterocycles. The number of nitrogens with zero attached hydrogens (tertiary/aromatic N) is 5. The number of methoxy groups -OCH3 is 1. The van der Waals surface area contributed by atoms with Crippen LogP contribution in [0.5, 0.6) is 5.75 Å². The highest BCUT2D eigenvalue weighted by molar-refractivity contribution is 7.17. The molecule has 3 heterocycles. The van der Waals surface area contributed by atoms with Gasteiger partial charge in [-0.2, -0.15) is 5.10 Å². The quantitative estimate of drug-likeness (QED) is 0.488. The van der Waals surface area contributed by atoms with Crippen molar-refractivity contribution in [3.63, 3.8) is 0 Å². The van der Waals surface area contributed by atoms with E-state index in [1.807, 2.05) is 43.3 Å². The number of carbonyl (C=O) groups is 1. The van der Waals surface area contributed by atoms with Gasteiger partial charge in [-0.1, -0.05) is 29.5 Å². The summed E-state index contributed by atoms with van der Waals surface area (Å²) in [4.78, 5) is 26.9. The van der Waals surface area contributed by atoms with Gasteiger partial charge in [0.1, 0.15) is 0 Å². The molecule has 11 heteroatoms. The van der Waals surface area contributed by atoms with Gasteiger partial charge in [-0.15, -0.1) is 10.2 Å².